The lowest BCUT2D eigenvalue weighted by Gasteiger charge is -2.42. The molecule has 0 bridgehead atoms. The Morgan fingerprint density at radius 1 is 1.50 bits per heavy atom. The highest BCUT2D eigenvalue weighted by Gasteiger charge is 2.35. The summed E-state index contributed by atoms with van der Waals surface area (Å²) in [5.41, 5.74) is 0.185. The molecule has 1 aliphatic rings. The minimum Gasteiger partial charge on any atom is -0.377 e. The highest BCUT2D eigenvalue weighted by molar-refractivity contribution is 7.80. The van der Waals surface area contributed by atoms with Crippen LogP contribution >= 0.6 is 24.2 Å². The number of amides is 1. The second-order valence-electron chi connectivity index (χ2n) is 4.99. The summed E-state index contributed by atoms with van der Waals surface area (Å²) in [6.07, 6.45) is 0. The zero-order valence-electron chi connectivity index (χ0n) is 10.4. The fourth-order valence-corrected chi connectivity index (χ4v) is 2.46. The number of carbonyl (C=O) groups excluding carboxylic acids is 1. The number of nitrogens with zero attached hydrogens (tertiary/aromatic N) is 1. The molecule has 0 N–H and O–H groups in total. The van der Waals surface area contributed by atoms with Crippen LogP contribution in [0.1, 0.15) is 24.2 Å². The molecule has 1 heterocycles. The molecule has 1 aromatic carbocycles. The number of benzene rings is 1. The van der Waals surface area contributed by atoms with E-state index in [0.29, 0.717) is 30.3 Å². The highest BCUT2D eigenvalue weighted by Crippen LogP contribution is 2.26. The lowest BCUT2D eigenvalue weighted by atomic mass is 10.0. The molecule has 1 aliphatic heterocycles. The second-order valence-corrected chi connectivity index (χ2v) is 5.91. The van der Waals surface area contributed by atoms with Crippen molar-refractivity contribution >= 4 is 30.1 Å². The number of morpholine rings is 1. The Hall–Kier alpha value is -0.710. The van der Waals surface area contributed by atoms with Gasteiger partial charge in [-0.3, -0.25) is 4.79 Å². The Morgan fingerprint density at radius 2 is 2.22 bits per heavy atom. The summed E-state index contributed by atoms with van der Waals surface area (Å²) in [5.74, 6) is -0.0656. The van der Waals surface area contributed by atoms with E-state index in [1.54, 1.807) is 18.2 Å². The Labute approximate surface area is 117 Å². The van der Waals surface area contributed by atoms with Gasteiger partial charge >= 0.3 is 0 Å². The molecule has 0 spiro atoms. The van der Waals surface area contributed by atoms with Gasteiger partial charge in [0, 0.05) is 11.4 Å². The van der Waals surface area contributed by atoms with Gasteiger partial charge in [-0.1, -0.05) is 11.6 Å². The first kappa shape index (κ1) is 13.7. The van der Waals surface area contributed by atoms with E-state index in [-0.39, 0.29) is 11.4 Å². The largest absolute Gasteiger partial charge is 0.377 e. The molecule has 0 unspecified atom stereocenters. The molecule has 0 saturated carbocycles. The Bertz CT molecular complexity index is 476. The van der Waals surface area contributed by atoms with Crippen LogP contribution in [0.5, 0.6) is 0 Å². The molecule has 0 aromatic heterocycles. The van der Waals surface area contributed by atoms with Crippen molar-refractivity contribution in [3.63, 3.8) is 0 Å². The maximum Gasteiger partial charge on any atom is 0.256 e. The number of hydrogen-bond donors (Lipinski definition) is 1. The van der Waals surface area contributed by atoms with E-state index in [4.69, 9.17) is 16.3 Å². The number of thiol groups is 1. The van der Waals surface area contributed by atoms with Crippen LogP contribution in [-0.2, 0) is 4.74 Å². The van der Waals surface area contributed by atoms with Gasteiger partial charge in [-0.05, 0) is 32.0 Å². The summed E-state index contributed by atoms with van der Waals surface area (Å²) in [7, 11) is 0. The lowest BCUT2D eigenvalue weighted by molar-refractivity contribution is -0.0370. The van der Waals surface area contributed by atoms with E-state index < -0.39 is 0 Å². The molecule has 0 aliphatic carbocycles. The smallest absolute Gasteiger partial charge is 0.256 e. The SMILES string of the molecule is CC1(C)COCCN1C(=O)c1cc(S)ccc1Cl. The minimum atomic E-state index is -0.314. The second kappa shape index (κ2) is 5.11. The monoisotopic (exact) mass is 285 g/mol. The third-order valence-corrected chi connectivity index (χ3v) is 3.68. The van der Waals surface area contributed by atoms with Crippen molar-refractivity contribution in [2.75, 3.05) is 19.8 Å². The molecule has 98 valence electrons. The van der Waals surface area contributed by atoms with E-state index >= 15 is 0 Å². The molecule has 1 fully saturated rings. The maximum absolute atomic E-state index is 12.5. The van der Waals surface area contributed by atoms with Gasteiger partial charge in [0.2, 0.25) is 0 Å². The van der Waals surface area contributed by atoms with Crippen molar-refractivity contribution in [1.29, 1.82) is 0 Å². The summed E-state index contributed by atoms with van der Waals surface area (Å²) in [4.78, 5) is 15.1. The average molecular weight is 286 g/mol. The van der Waals surface area contributed by atoms with Crippen molar-refractivity contribution in [2.45, 2.75) is 24.3 Å². The highest BCUT2D eigenvalue weighted by atomic mass is 35.5. The molecule has 3 nitrogen and oxygen atoms in total. The van der Waals surface area contributed by atoms with Crippen molar-refractivity contribution in [3.05, 3.63) is 28.8 Å². The van der Waals surface area contributed by atoms with E-state index in [2.05, 4.69) is 12.6 Å². The Kier molecular flexibility index (Phi) is 3.90. The van der Waals surface area contributed by atoms with Gasteiger partial charge in [0.05, 0.1) is 29.3 Å². The van der Waals surface area contributed by atoms with Crippen molar-refractivity contribution < 1.29 is 9.53 Å². The molecule has 1 aromatic rings. The van der Waals surface area contributed by atoms with Gasteiger partial charge in [-0.15, -0.1) is 12.6 Å². The fraction of sp³-hybridized carbons (Fsp3) is 0.462. The molecule has 5 heteroatoms. The van der Waals surface area contributed by atoms with Gasteiger partial charge in [0.25, 0.3) is 5.91 Å². The summed E-state index contributed by atoms with van der Waals surface area (Å²) in [6, 6.07) is 5.18. The van der Waals surface area contributed by atoms with Gasteiger partial charge in [-0.25, -0.2) is 0 Å². The van der Waals surface area contributed by atoms with Crippen LogP contribution in [-0.4, -0.2) is 36.1 Å². The minimum absolute atomic E-state index is 0.0656. The van der Waals surface area contributed by atoms with E-state index in [0.717, 1.165) is 4.90 Å². The quantitative estimate of drug-likeness (QED) is 0.804. The summed E-state index contributed by atoms with van der Waals surface area (Å²) < 4.78 is 5.41. The first-order valence-corrected chi connectivity index (χ1v) is 6.62. The predicted octanol–water partition coefficient (Wildman–Crippen LogP) is 2.88. The molecule has 1 saturated heterocycles. The molecular weight excluding hydrogens is 270 g/mol. The molecule has 0 atom stereocenters. The lowest BCUT2D eigenvalue weighted by Crippen LogP contribution is -2.55. The van der Waals surface area contributed by atoms with Crippen molar-refractivity contribution in [2.24, 2.45) is 0 Å². The van der Waals surface area contributed by atoms with E-state index in [1.807, 2.05) is 18.7 Å². The van der Waals surface area contributed by atoms with E-state index in [9.17, 15) is 4.79 Å². The van der Waals surface area contributed by atoms with Crippen LogP contribution in [0, 0.1) is 0 Å². The molecule has 0 radical (unpaired) electrons. The number of carbonyl (C=O) groups is 1. The van der Waals surface area contributed by atoms with Crippen LogP contribution in [0.3, 0.4) is 0 Å². The van der Waals surface area contributed by atoms with Gasteiger partial charge < -0.3 is 9.64 Å². The first-order valence-electron chi connectivity index (χ1n) is 5.80. The van der Waals surface area contributed by atoms with Crippen LogP contribution < -0.4 is 0 Å². The Morgan fingerprint density at radius 3 is 2.89 bits per heavy atom. The van der Waals surface area contributed by atoms with Crippen LogP contribution in [0.15, 0.2) is 23.1 Å². The zero-order valence-corrected chi connectivity index (χ0v) is 12.1. The molecule has 2 rings (SSSR count). The predicted molar refractivity (Wildman–Crippen MR) is 74.6 cm³/mol. The fourth-order valence-electron chi connectivity index (χ4n) is 2.06. The molecule has 1 amide bonds. The first-order chi connectivity index (χ1) is 8.42. The number of rotatable bonds is 1. The summed E-state index contributed by atoms with van der Waals surface area (Å²) >= 11 is 10.3. The van der Waals surface area contributed by atoms with Gasteiger partial charge in [0.1, 0.15) is 0 Å². The van der Waals surface area contributed by atoms with Crippen molar-refractivity contribution in [1.82, 2.24) is 4.90 Å². The Balaban J connectivity index is 2.33. The maximum atomic E-state index is 12.5. The third-order valence-electron chi connectivity index (χ3n) is 3.07. The third kappa shape index (κ3) is 2.66. The zero-order chi connectivity index (χ0) is 13.3. The summed E-state index contributed by atoms with van der Waals surface area (Å²) in [6.45, 7) is 5.66. The number of ether oxygens (including phenoxy) is 1. The van der Waals surface area contributed by atoms with E-state index in [1.165, 1.54) is 0 Å². The van der Waals surface area contributed by atoms with Crippen LogP contribution in [0.2, 0.25) is 5.02 Å². The van der Waals surface area contributed by atoms with Gasteiger partial charge in [0.15, 0.2) is 0 Å². The molecular formula is C13H16ClNO2S. The van der Waals surface area contributed by atoms with Crippen LogP contribution in [0.25, 0.3) is 0 Å². The summed E-state index contributed by atoms with van der Waals surface area (Å²) in [5, 5.41) is 0.458. The normalized spacial score (nSPS) is 18.8. The number of halogens is 1. The van der Waals surface area contributed by atoms with Crippen LogP contribution in [0.4, 0.5) is 0 Å². The molecule has 18 heavy (non-hydrogen) atoms. The number of hydrogen-bond acceptors (Lipinski definition) is 3. The van der Waals surface area contributed by atoms with Gasteiger partial charge in [-0.2, -0.15) is 0 Å². The average Bonchev–Trinajstić information content (AvgIpc) is 2.31. The van der Waals surface area contributed by atoms with Crippen molar-refractivity contribution in [3.8, 4) is 0 Å². The standard InChI is InChI=1S/C13H16ClNO2S/c1-13(2)8-17-6-5-15(13)12(16)10-7-9(18)3-4-11(10)14/h3-4,7,18H,5-6,8H2,1-2H3. The topological polar surface area (TPSA) is 29.5 Å².